The highest BCUT2D eigenvalue weighted by Gasteiger charge is 2.41. The predicted molar refractivity (Wildman–Crippen MR) is 162 cm³/mol. The third kappa shape index (κ3) is 3.40. The summed E-state index contributed by atoms with van der Waals surface area (Å²) in [6.07, 6.45) is 4.51. The molecule has 1 heterocycles. The molecule has 0 saturated heterocycles. The van der Waals surface area contributed by atoms with Gasteiger partial charge in [-0.1, -0.05) is 133 Å². The van der Waals surface area contributed by atoms with E-state index in [9.17, 15) is 0 Å². The van der Waals surface area contributed by atoms with Crippen LogP contribution in [0.5, 0.6) is 5.75 Å². The molecule has 1 nitrogen and oxygen atoms in total. The second kappa shape index (κ2) is 8.85. The fourth-order valence-electron chi connectivity index (χ4n) is 6.74. The fourth-order valence-corrected chi connectivity index (χ4v) is 6.74. The molecule has 184 valence electrons. The standard InChI is InChI=1S/C38H26O/c1-3-13-25(14-4-1)35-27-17-7-9-19-29(27)37(30-20-10-8-18-28(30)35)32-23-24-34-38(31-21-11-12-22-33(31)39-34)36(32)26-15-5-2-6-16-26/h1-24,36,38H. The van der Waals surface area contributed by atoms with Gasteiger partial charge >= 0.3 is 0 Å². The number of rotatable bonds is 3. The highest BCUT2D eigenvalue weighted by atomic mass is 16.5. The molecule has 0 amide bonds. The van der Waals surface area contributed by atoms with Crippen LogP contribution in [-0.4, -0.2) is 0 Å². The van der Waals surface area contributed by atoms with Crippen molar-refractivity contribution in [2.75, 3.05) is 0 Å². The summed E-state index contributed by atoms with van der Waals surface area (Å²) >= 11 is 0. The van der Waals surface area contributed by atoms with Gasteiger partial charge in [-0.15, -0.1) is 0 Å². The lowest BCUT2D eigenvalue weighted by atomic mass is 9.70. The van der Waals surface area contributed by atoms with Crippen LogP contribution in [0.25, 0.3) is 38.2 Å². The van der Waals surface area contributed by atoms with Gasteiger partial charge in [0.1, 0.15) is 11.5 Å². The second-order valence-corrected chi connectivity index (χ2v) is 10.4. The second-order valence-electron chi connectivity index (χ2n) is 10.4. The number of fused-ring (bicyclic) bond motifs is 5. The normalized spacial score (nSPS) is 17.7. The molecule has 8 rings (SSSR count). The Labute approximate surface area is 228 Å². The molecule has 6 aromatic rings. The molecule has 1 aliphatic carbocycles. The summed E-state index contributed by atoms with van der Waals surface area (Å²) in [5.74, 6) is 2.26. The first-order chi connectivity index (χ1) is 19.4. The number of allylic oxidation sites excluding steroid dienone is 4. The first-order valence-corrected chi connectivity index (χ1v) is 13.6. The molecule has 0 radical (unpaired) electrons. The van der Waals surface area contributed by atoms with Gasteiger partial charge in [0.2, 0.25) is 0 Å². The van der Waals surface area contributed by atoms with Crippen LogP contribution in [0.3, 0.4) is 0 Å². The molecule has 6 aromatic carbocycles. The average Bonchev–Trinajstić information content (AvgIpc) is 3.39. The molecule has 2 unspecified atom stereocenters. The number of hydrogen-bond donors (Lipinski definition) is 0. The Morgan fingerprint density at radius 3 is 1.64 bits per heavy atom. The van der Waals surface area contributed by atoms with Crippen LogP contribution in [0.4, 0.5) is 0 Å². The Balaban J connectivity index is 1.47. The van der Waals surface area contributed by atoms with Gasteiger partial charge in [0.05, 0.1) is 5.92 Å². The van der Waals surface area contributed by atoms with Gasteiger partial charge in [0.25, 0.3) is 0 Å². The Hall–Kier alpha value is -4.88. The van der Waals surface area contributed by atoms with E-state index in [0.717, 1.165) is 11.5 Å². The van der Waals surface area contributed by atoms with Crippen LogP contribution in [-0.2, 0) is 0 Å². The monoisotopic (exact) mass is 498 g/mol. The minimum absolute atomic E-state index is 0.129. The molecule has 2 atom stereocenters. The molecular formula is C38H26O. The van der Waals surface area contributed by atoms with Crippen molar-refractivity contribution in [1.82, 2.24) is 0 Å². The van der Waals surface area contributed by atoms with Gasteiger partial charge < -0.3 is 4.74 Å². The molecule has 2 aliphatic rings. The molecule has 0 spiro atoms. The summed E-state index contributed by atoms with van der Waals surface area (Å²) in [6, 6.07) is 48.1. The van der Waals surface area contributed by atoms with E-state index in [2.05, 4.69) is 146 Å². The van der Waals surface area contributed by atoms with Gasteiger partial charge in [-0.25, -0.2) is 0 Å². The third-order valence-electron chi connectivity index (χ3n) is 8.33. The Morgan fingerprint density at radius 2 is 0.974 bits per heavy atom. The van der Waals surface area contributed by atoms with Gasteiger partial charge in [-0.05, 0) is 61.5 Å². The highest BCUT2D eigenvalue weighted by molar-refractivity contribution is 6.19. The maximum absolute atomic E-state index is 6.42. The molecule has 0 aromatic heterocycles. The van der Waals surface area contributed by atoms with Gasteiger partial charge in [0, 0.05) is 11.5 Å². The minimum atomic E-state index is 0.129. The van der Waals surface area contributed by atoms with Crippen LogP contribution in [0.1, 0.15) is 28.5 Å². The summed E-state index contributed by atoms with van der Waals surface area (Å²) in [7, 11) is 0. The maximum atomic E-state index is 6.42. The first kappa shape index (κ1) is 22.1. The van der Waals surface area contributed by atoms with E-state index < -0.39 is 0 Å². The predicted octanol–water partition coefficient (Wildman–Crippen LogP) is 9.90. The van der Waals surface area contributed by atoms with Crippen LogP contribution in [0, 0.1) is 0 Å². The van der Waals surface area contributed by atoms with Crippen molar-refractivity contribution in [3.8, 4) is 16.9 Å². The zero-order chi connectivity index (χ0) is 25.8. The lowest BCUT2D eigenvalue weighted by Crippen LogP contribution is -2.17. The molecule has 1 heteroatoms. The molecular weight excluding hydrogens is 472 g/mol. The average molecular weight is 499 g/mol. The number of para-hydroxylation sites is 1. The molecule has 0 fully saturated rings. The van der Waals surface area contributed by atoms with E-state index in [4.69, 9.17) is 4.74 Å². The maximum Gasteiger partial charge on any atom is 0.130 e. The summed E-state index contributed by atoms with van der Waals surface area (Å²) in [5, 5.41) is 5.13. The molecule has 1 aliphatic heterocycles. The van der Waals surface area contributed by atoms with Crippen molar-refractivity contribution in [2.45, 2.75) is 11.8 Å². The van der Waals surface area contributed by atoms with E-state index in [1.165, 1.54) is 54.9 Å². The van der Waals surface area contributed by atoms with Crippen molar-refractivity contribution in [3.05, 3.63) is 168 Å². The Kier molecular flexibility index (Phi) is 5.03. The smallest absolute Gasteiger partial charge is 0.130 e. The van der Waals surface area contributed by atoms with E-state index in [0.29, 0.717) is 0 Å². The van der Waals surface area contributed by atoms with Crippen molar-refractivity contribution < 1.29 is 4.74 Å². The van der Waals surface area contributed by atoms with Crippen molar-refractivity contribution >= 4 is 27.1 Å². The van der Waals surface area contributed by atoms with E-state index in [-0.39, 0.29) is 11.8 Å². The zero-order valence-corrected chi connectivity index (χ0v) is 21.4. The third-order valence-corrected chi connectivity index (χ3v) is 8.33. The SMILES string of the molecule is C1=C(c2c3ccccc3c(-c3ccccc3)c3ccccc23)C(c2ccccc2)C2C(=C1)Oc1ccccc12. The van der Waals surface area contributed by atoms with Crippen LogP contribution in [0.15, 0.2) is 151 Å². The van der Waals surface area contributed by atoms with E-state index in [1.54, 1.807) is 0 Å². The largest absolute Gasteiger partial charge is 0.461 e. The Morgan fingerprint density at radius 1 is 0.436 bits per heavy atom. The topological polar surface area (TPSA) is 9.23 Å². The van der Waals surface area contributed by atoms with Gasteiger partial charge in [-0.3, -0.25) is 0 Å². The summed E-state index contributed by atoms with van der Waals surface area (Å²) in [6.45, 7) is 0. The molecule has 0 saturated carbocycles. The van der Waals surface area contributed by atoms with E-state index >= 15 is 0 Å². The van der Waals surface area contributed by atoms with Gasteiger partial charge in [0.15, 0.2) is 0 Å². The highest BCUT2D eigenvalue weighted by Crippen LogP contribution is 2.56. The van der Waals surface area contributed by atoms with Crippen LogP contribution < -0.4 is 4.74 Å². The van der Waals surface area contributed by atoms with E-state index in [1.807, 2.05) is 0 Å². The minimum Gasteiger partial charge on any atom is -0.461 e. The van der Waals surface area contributed by atoms with Crippen molar-refractivity contribution in [2.24, 2.45) is 0 Å². The summed E-state index contributed by atoms with van der Waals surface area (Å²) < 4.78 is 6.42. The van der Waals surface area contributed by atoms with Gasteiger partial charge in [-0.2, -0.15) is 0 Å². The fraction of sp³-hybridized carbons (Fsp3) is 0.0526. The quantitative estimate of drug-likeness (QED) is 0.221. The zero-order valence-electron chi connectivity index (χ0n) is 21.4. The molecule has 0 bridgehead atoms. The summed E-state index contributed by atoms with van der Waals surface area (Å²) in [4.78, 5) is 0. The number of hydrogen-bond acceptors (Lipinski definition) is 1. The number of benzene rings is 6. The van der Waals surface area contributed by atoms with Crippen LogP contribution in [0.2, 0.25) is 0 Å². The molecule has 0 N–H and O–H groups in total. The summed E-state index contributed by atoms with van der Waals surface area (Å²) in [5.41, 5.74) is 7.76. The van der Waals surface area contributed by atoms with Crippen molar-refractivity contribution in [1.29, 1.82) is 0 Å². The molecule has 39 heavy (non-hydrogen) atoms. The van der Waals surface area contributed by atoms with Crippen molar-refractivity contribution in [3.63, 3.8) is 0 Å². The first-order valence-electron chi connectivity index (χ1n) is 13.6. The number of ether oxygens (including phenoxy) is 1. The Bertz CT molecular complexity index is 1870. The lowest BCUT2D eigenvalue weighted by molar-refractivity contribution is 0.418. The lowest BCUT2D eigenvalue weighted by Gasteiger charge is -2.32. The van der Waals surface area contributed by atoms with Crippen LogP contribution >= 0.6 is 0 Å².